The van der Waals surface area contributed by atoms with Crippen LogP contribution < -0.4 is 4.90 Å². The summed E-state index contributed by atoms with van der Waals surface area (Å²) < 4.78 is 5.21. The first-order chi connectivity index (χ1) is 7.69. The maximum absolute atomic E-state index is 11.0. The fourth-order valence-electron chi connectivity index (χ4n) is 1.77. The van der Waals surface area contributed by atoms with Crippen molar-refractivity contribution >= 4 is 11.6 Å². The molecule has 0 spiro atoms. The van der Waals surface area contributed by atoms with Crippen molar-refractivity contribution < 1.29 is 9.53 Å². The average molecular weight is 220 g/mol. The van der Waals surface area contributed by atoms with E-state index in [1.54, 1.807) is 14.0 Å². The zero-order valence-corrected chi connectivity index (χ0v) is 9.64. The van der Waals surface area contributed by atoms with Crippen molar-refractivity contribution in [3.63, 3.8) is 0 Å². The standard InChI is InChI=1S/C12H16N2O2/c1-9(15)6-10-4-3-5-12(13-10)14-7-11(8-14)16-2/h3-5,11H,6-8H2,1-2H3. The summed E-state index contributed by atoms with van der Waals surface area (Å²) in [6.07, 6.45) is 0.730. The summed E-state index contributed by atoms with van der Waals surface area (Å²) >= 11 is 0. The van der Waals surface area contributed by atoms with Gasteiger partial charge in [0.2, 0.25) is 0 Å². The molecule has 4 nitrogen and oxygen atoms in total. The lowest BCUT2D eigenvalue weighted by Gasteiger charge is -2.39. The Labute approximate surface area is 95.2 Å². The predicted molar refractivity (Wildman–Crippen MR) is 61.6 cm³/mol. The third-order valence-corrected chi connectivity index (χ3v) is 2.73. The second-order valence-electron chi connectivity index (χ2n) is 4.13. The van der Waals surface area contributed by atoms with Gasteiger partial charge in [0.25, 0.3) is 0 Å². The second kappa shape index (κ2) is 4.61. The van der Waals surface area contributed by atoms with Crippen LogP contribution in [-0.4, -0.2) is 37.1 Å². The van der Waals surface area contributed by atoms with Crippen LogP contribution in [0.3, 0.4) is 0 Å². The largest absolute Gasteiger partial charge is 0.378 e. The van der Waals surface area contributed by atoms with Crippen molar-refractivity contribution in [1.82, 2.24) is 4.98 Å². The highest BCUT2D eigenvalue weighted by atomic mass is 16.5. The van der Waals surface area contributed by atoms with Crippen LogP contribution in [0.4, 0.5) is 5.82 Å². The summed E-state index contributed by atoms with van der Waals surface area (Å²) in [5.74, 6) is 1.08. The van der Waals surface area contributed by atoms with E-state index in [0.717, 1.165) is 24.6 Å². The number of anilines is 1. The van der Waals surface area contributed by atoms with Gasteiger partial charge in [0, 0.05) is 26.6 Å². The molecule has 86 valence electrons. The highest BCUT2D eigenvalue weighted by Crippen LogP contribution is 2.20. The molecule has 1 aliphatic rings. The summed E-state index contributed by atoms with van der Waals surface area (Å²) in [5.41, 5.74) is 0.839. The molecule has 2 rings (SSSR count). The Bertz CT molecular complexity index is 386. The number of Topliss-reactive ketones (excluding diaryl/α,β-unsaturated/α-hetero) is 1. The Hall–Kier alpha value is -1.42. The smallest absolute Gasteiger partial charge is 0.135 e. The number of rotatable bonds is 4. The van der Waals surface area contributed by atoms with E-state index in [2.05, 4.69) is 9.88 Å². The number of pyridine rings is 1. The van der Waals surface area contributed by atoms with Crippen LogP contribution in [0.2, 0.25) is 0 Å². The molecule has 0 atom stereocenters. The van der Waals surface area contributed by atoms with Gasteiger partial charge in [-0.05, 0) is 19.1 Å². The van der Waals surface area contributed by atoms with Crippen molar-refractivity contribution in [3.8, 4) is 0 Å². The molecule has 1 aromatic heterocycles. The molecule has 16 heavy (non-hydrogen) atoms. The molecule has 4 heteroatoms. The van der Waals surface area contributed by atoms with Crippen molar-refractivity contribution in [2.45, 2.75) is 19.4 Å². The molecule has 0 amide bonds. The van der Waals surface area contributed by atoms with Crippen LogP contribution in [0.5, 0.6) is 0 Å². The van der Waals surface area contributed by atoms with Gasteiger partial charge in [-0.3, -0.25) is 4.79 Å². The lowest BCUT2D eigenvalue weighted by molar-refractivity contribution is -0.116. The van der Waals surface area contributed by atoms with Crippen LogP contribution in [0.1, 0.15) is 12.6 Å². The maximum Gasteiger partial charge on any atom is 0.135 e. The Morgan fingerprint density at radius 1 is 1.56 bits per heavy atom. The number of methoxy groups -OCH3 is 1. The van der Waals surface area contributed by atoms with Crippen LogP contribution in [0.25, 0.3) is 0 Å². The molecular weight excluding hydrogens is 204 g/mol. The van der Waals surface area contributed by atoms with Gasteiger partial charge in [0.1, 0.15) is 11.6 Å². The fraction of sp³-hybridized carbons (Fsp3) is 0.500. The molecule has 1 aromatic rings. The number of nitrogens with zero attached hydrogens (tertiary/aromatic N) is 2. The van der Waals surface area contributed by atoms with E-state index in [9.17, 15) is 4.79 Å². The van der Waals surface area contributed by atoms with Gasteiger partial charge in [-0.1, -0.05) is 6.07 Å². The van der Waals surface area contributed by atoms with E-state index in [1.165, 1.54) is 0 Å². The molecule has 0 unspecified atom stereocenters. The van der Waals surface area contributed by atoms with Crippen LogP contribution in [-0.2, 0) is 16.0 Å². The average Bonchev–Trinajstić information content (AvgIpc) is 2.15. The van der Waals surface area contributed by atoms with Crippen molar-refractivity contribution in [2.75, 3.05) is 25.1 Å². The highest BCUT2D eigenvalue weighted by Gasteiger charge is 2.27. The van der Waals surface area contributed by atoms with E-state index >= 15 is 0 Å². The lowest BCUT2D eigenvalue weighted by Crippen LogP contribution is -2.52. The first kappa shape index (κ1) is 11.1. The highest BCUT2D eigenvalue weighted by molar-refractivity contribution is 5.77. The quantitative estimate of drug-likeness (QED) is 0.760. The van der Waals surface area contributed by atoms with Gasteiger partial charge >= 0.3 is 0 Å². The minimum atomic E-state index is 0.142. The Morgan fingerprint density at radius 3 is 2.94 bits per heavy atom. The van der Waals surface area contributed by atoms with Crippen molar-refractivity contribution in [1.29, 1.82) is 0 Å². The Morgan fingerprint density at radius 2 is 2.31 bits per heavy atom. The number of hydrogen-bond acceptors (Lipinski definition) is 4. The molecule has 1 saturated heterocycles. The van der Waals surface area contributed by atoms with Gasteiger partial charge in [0.15, 0.2) is 0 Å². The van der Waals surface area contributed by atoms with Gasteiger partial charge < -0.3 is 9.64 Å². The summed E-state index contributed by atoms with van der Waals surface area (Å²) in [5, 5.41) is 0. The van der Waals surface area contributed by atoms with Gasteiger partial charge in [-0.15, -0.1) is 0 Å². The molecule has 0 bridgehead atoms. The normalized spacial score (nSPS) is 16.0. The maximum atomic E-state index is 11.0. The SMILES string of the molecule is COC1CN(c2cccc(CC(C)=O)n2)C1. The van der Waals surface area contributed by atoms with Gasteiger partial charge in [0.05, 0.1) is 11.8 Å². The third-order valence-electron chi connectivity index (χ3n) is 2.73. The molecule has 0 N–H and O–H groups in total. The molecule has 2 heterocycles. The molecule has 1 fully saturated rings. The summed E-state index contributed by atoms with van der Waals surface area (Å²) in [4.78, 5) is 17.6. The number of hydrogen-bond donors (Lipinski definition) is 0. The second-order valence-corrected chi connectivity index (χ2v) is 4.13. The first-order valence-electron chi connectivity index (χ1n) is 5.42. The molecule has 0 aliphatic carbocycles. The fourth-order valence-corrected chi connectivity index (χ4v) is 1.77. The van der Waals surface area contributed by atoms with E-state index < -0.39 is 0 Å². The number of ketones is 1. The van der Waals surface area contributed by atoms with Crippen LogP contribution in [0.15, 0.2) is 18.2 Å². The molecule has 0 radical (unpaired) electrons. The van der Waals surface area contributed by atoms with E-state index in [1.807, 2.05) is 18.2 Å². The molecule has 1 aliphatic heterocycles. The lowest BCUT2D eigenvalue weighted by atomic mass is 10.1. The summed E-state index contributed by atoms with van der Waals surface area (Å²) in [6, 6.07) is 5.80. The summed E-state index contributed by atoms with van der Waals surface area (Å²) in [6.45, 7) is 3.35. The first-order valence-corrected chi connectivity index (χ1v) is 5.42. The van der Waals surface area contributed by atoms with Crippen LogP contribution >= 0.6 is 0 Å². The number of carbonyl (C=O) groups excluding carboxylic acids is 1. The molecule has 0 saturated carbocycles. The predicted octanol–water partition coefficient (Wildman–Crippen LogP) is 1.05. The van der Waals surface area contributed by atoms with Crippen molar-refractivity contribution in [3.05, 3.63) is 23.9 Å². The van der Waals surface area contributed by atoms with E-state index in [4.69, 9.17) is 4.74 Å². The number of carbonyl (C=O) groups is 1. The van der Waals surface area contributed by atoms with Crippen molar-refractivity contribution in [2.24, 2.45) is 0 Å². The van der Waals surface area contributed by atoms with Crippen LogP contribution in [0, 0.1) is 0 Å². The number of ether oxygens (including phenoxy) is 1. The number of aromatic nitrogens is 1. The topological polar surface area (TPSA) is 42.4 Å². The minimum Gasteiger partial charge on any atom is -0.378 e. The Balaban J connectivity index is 2.03. The van der Waals surface area contributed by atoms with Gasteiger partial charge in [-0.25, -0.2) is 4.98 Å². The minimum absolute atomic E-state index is 0.142. The summed E-state index contributed by atoms with van der Waals surface area (Å²) in [7, 11) is 1.72. The third kappa shape index (κ3) is 2.39. The molecule has 0 aromatic carbocycles. The van der Waals surface area contributed by atoms with E-state index in [-0.39, 0.29) is 5.78 Å². The zero-order valence-electron chi connectivity index (χ0n) is 9.64. The zero-order chi connectivity index (χ0) is 11.5. The molecular formula is C12H16N2O2. The monoisotopic (exact) mass is 220 g/mol. The van der Waals surface area contributed by atoms with E-state index in [0.29, 0.717) is 12.5 Å². The Kier molecular flexibility index (Phi) is 3.19. The van der Waals surface area contributed by atoms with Gasteiger partial charge in [-0.2, -0.15) is 0 Å².